The zero-order chi connectivity index (χ0) is 12.6. The normalized spacial score (nSPS) is 20.8. The van der Waals surface area contributed by atoms with Gasteiger partial charge in [-0.1, -0.05) is 0 Å². The van der Waals surface area contributed by atoms with Gasteiger partial charge >= 0.3 is 11.9 Å². The van der Waals surface area contributed by atoms with Gasteiger partial charge in [0.15, 0.2) is 0 Å². The maximum atomic E-state index is 13.4. The van der Waals surface area contributed by atoms with Crippen molar-refractivity contribution in [3.8, 4) is 0 Å². The molecule has 7 heteroatoms. The van der Waals surface area contributed by atoms with Crippen LogP contribution in [-0.2, 0) is 9.59 Å². The van der Waals surface area contributed by atoms with Crippen LogP contribution >= 0.6 is 0 Å². The molecule has 3 N–H and O–H groups in total. The van der Waals surface area contributed by atoms with E-state index in [1.54, 1.807) is 5.32 Å². The largest absolute Gasteiger partial charge is 0.480 e. The molecule has 1 aliphatic carbocycles. The first-order chi connectivity index (χ1) is 7.21. The molecule has 1 atom stereocenters. The minimum absolute atomic E-state index is 0.158. The average Bonchev–Trinajstić information content (AvgIpc) is 2.13. The third-order valence-electron chi connectivity index (χ3n) is 2.77. The molecule has 5 nitrogen and oxygen atoms in total. The van der Waals surface area contributed by atoms with Gasteiger partial charge in [0.25, 0.3) is 5.91 Å². The third-order valence-corrected chi connectivity index (χ3v) is 2.77. The number of rotatable bonds is 4. The lowest BCUT2D eigenvalue weighted by Gasteiger charge is -2.41. The molecule has 1 rings (SSSR count). The van der Waals surface area contributed by atoms with Gasteiger partial charge in [-0.05, 0) is 26.2 Å². The number of hydrogen-bond donors (Lipinski definition) is 3. The summed E-state index contributed by atoms with van der Waals surface area (Å²) in [4.78, 5) is 21.5. The van der Waals surface area contributed by atoms with Gasteiger partial charge in [-0.15, -0.1) is 0 Å². The van der Waals surface area contributed by atoms with Crippen molar-refractivity contribution in [2.75, 3.05) is 0 Å². The first-order valence-corrected chi connectivity index (χ1v) is 4.85. The topological polar surface area (TPSA) is 86.6 Å². The molecule has 1 amide bonds. The minimum Gasteiger partial charge on any atom is -0.480 e. The van der Waals surface area contributed by atoms with Crippen LogP contribution in [0.3, 0.4) is 0 Å². The molecule has 1 aliphatic rings. The summed E-state index contributed by atoms with van der Waals surface area (Å²) < 4.78 is 26.8. The Kier molecular flexibility index (Phi) is 3.18. The number of carbonyl (C=O) groups excluding carboxylic acids is 1. The Morgan fingerprint density at radius 1 is 1.44 bits per heavy atom. The molecule has 16 heavy (non-hydrogen) atoms. The zero-order valence-electron chi connectivity index (χ0n) is 8.67. The Morgan fingerprint density at radius 3 is 2.25 bits per heavy atom. The molecule has 0 unspecified atom stereocenters. The second kappa shape index (κ2) is 3.97. The first-order valence-electron chi connectivity index (χ1n) is 4.85. The van der Waals surface area contributed by atoms with Gasteiger partial charge in [0.2, 0.25) is 0 Å². The maximum absolute atomic E-state index is 13.4. The Bertz CT molecular complexity index is 315. The highest BCUT2D eigenvalue weighted by Crippen LogP contribution is 2.44. The Balaban J connectivity index is 2.69. The van der Waals surface area contributed by atoms with Gasteiger partial charge in [-0.25, -0.2) is 0 Å². The number of amides is 1. The molecule has 0 aromatic carbocycles. The molecule has 0 heterocycles. The van der Waals surface area contributed by atoms with Crippen molar-refractivity contribution in [2.45, 2.75) is 43.8 Å². The van der Waals surface area contributed by atoms with E-state index in [1.807, 2.05) is 0 Å². The fraction of sp³-hybridized carbons (Fsp3) is 0.778. The molecule has 0 bridgehead atoms. The number of alkyl halides is 2. The second-order valence-corrected chi connectivity index (χ2v) is 3.99. The second-order valence-electron chi connectivity index (χ2n) is 3.99. The molecular formula is C9H13F2NO4. The van der Waals surface area contributed by atoms with Crippen molar-refractivity contribution in [3.63, 3.8) is 0 Å². The maximum Gasteiger partial charge on any atom is 0.352 e. The molecule has 0 aliphatic heterocycles. The van der Waals surface area contributed by atoms with Crippen LogP contribution in [0.5, 0.6) is 0 Å². The van der Waals surface area contributed by atoms with Crippen molar-refractivity contribution in [1.29, 1.82) is 0 Å². The molecule has 0 radical (unpaired) electrons. The van der Waals surface area contributed by atoms with Crippen molar-refractivity contribution in [3.05, 3.63) is 0 Å². The summed E-state index contributed by atoms with van der Waals surface area (Å²) in [5, 5.41) is 19.5. The van der Waals surface area contributed by atoms with E-state index in [9.17, 15) is 23.5 Å². The van der Waals surface area contributed by atoms with Crippen LogP contribution in [0.2, 0.25) is 0 Å². The number of halogens is 2. The number of nitrogens with one attached hydrogen (secondary N) is 1. The lowest BCUT2D eigenvalue weighted by atomic mass is 9.75. The van der Waals surface area contributed by atoms with E-state index in [-0.39, 0.29) is 12.8 Å². The van der Waals surface area contributed by atoms with E-state index in [1.165, 1.54) is 0 Å². The quantitative estimate of drug-likeness (QED) is 0.648. The molecule has 92 valence electrons. The van der Waals surface area contributed by atoms with Crippen LogP contribution in [0.4, 0.5) is 8.78 Å². The van der Waals surface area contributed by atoms with Crippen LogP contribution in [0.25, 0.3) is 0 Å². The molecule has 1 fully saturated rings. The summed E-state index contributed by atoms with van der Waals surface area (Å²) in [7, 11) is 0. The smallest absolute Gasteiger partial charge is 0.352 e. The highest BCUT2D eigenvalue weighted by molar-refractivity contribution is 5.89. The lowest BCUT2D eigenvalue weighted by Crippen LogP contribution is -2.62. The fourth-order valence-corrected chi connectivity index (χ4v) is 1.39. The van der Waals surface area contributed by atoms with E-state index < -0.39 is 29.4 Å². The zero-order valence-corrected chi connectivity index (χ0v) is 8.67. The van der Waals surface area contributed by atoms with Crippen LogP contribution in [0, 0.1) is 0 Å². The van der Waals surface area contributed by atoms with Crippen molar-refractivity contribution in [2.24, 2.45) is 0 Å². The van der Waals surface area contributed by atoms with Gasteiger partial charge in [0.05, 0.1) is 0 Å². The lowest BCUT2D eigenvalue weighted by molar-refractivity contribution is -0.216. The van der Waals surface area contributed by atoms with Crippen LogP contribution in [-0.4, -0.2) is 39.7 Å². The van der Waals surface area contributed by atoms with E-state index >= 15 is 0 Å². The summed E-state index contributed by atoms with van der Waals surface area (Å²) in [5.41, 5.74) is -2.32. The third kappa shape index (κ3) is 1.99. The number of carboxylic acid groups (broad SMARTS) is 1. The first kappa shape index (κ1) is 12.8. The monoisotopic (exact) mass is 237 g/mol. The van der Waals surface area contributed by atoms with Crippen LogP contribution in [0.1, 0.15) is 26.2 Å². The Morgan fingerprint density at radius 2 is 1.94 bits per heavy atom. The molecule has 1 saturated carbocycles. The highest BCUT2D eigenvalue weighted by atomic mass is 19.3. The number of aliphatic carboxylic acids is 1. The summed E-state index contributed by atoms with van der Waals surface area (Å²) >= 11 is 0. The predicted molar refractivity (Wildman–Crippen MR) is 49.0 cm³/mol. The molecule has 0 saturated heterocycles. The van der Waals surface area contributed by atoms with Gasteiger partial charge in [0, 0.05) is 0 Å². The Labute approximate surface area is 90.4 Å². The van der Waals surface area contributed by atoms with E-state index in [4.69, 9.17) is 5.11 Å². The van der Waals surface area contributed by atoms with Crippen molar-refractivity contribution in [1.82, 2.24) is 5.32 Å². The van der Waals surface area contributed by atoms with E-state index in [0.717, 1.165) is 6.92 Å². The minimum atomic E-state index is -3.95. The van der Waals surface area contributed by atoms with Crippen LogP contribution < -0.4 is 5.32 Å². The fourth-order valence-electron chi connectivity index (χ4n) is 1.39. The van der Waals surface area contributed by atoms with Gasteiger partial charge in [0.1, 0.15) is 11.6 Å². The van der Waals surface area contributed by atoms with E-state index in [2.05, 4.69) is 0 Å². The average molecular weight is 237 g/mol. The van der Waals surface area contributed by atoms with Gasteiger partial charge in [-0.2, -0.15) is 8.78 Å². The van der Waals surface area contributed by atoms with Crippen LogP contribution in [0.15, 0.2) is 0 Å². The van der Waals surface area contributed by atoms with Gasteiger partial charge in [-0.3, -0.25) is 9.59 Å². The predicted octanol–water partition coefficient (Wildman–Crippen LogP) is 0.126. The molecule has 0 aromatic heterocycles. The van der Waals surface area contributed by atoms with Crippen molar-refractivity contribution >= 4 is 11.9 Å². The highest BCUT2D eigenvalue weighted by Gasteiger charge is 2.61. The number of carboxylic acids is 1. The summed E-state index contributed by atoms with van der Waals surface area (Å²) in [6.45, 7) is 1.07. The van der Waals surface area contributed by atoms with E-state index in [0.29, 0.717) is 6.42 Å². The number of hydrogen-bond acceptors (Lipinski definition) is 3. The number of carbonyl (C=O) groups is 2. The van der Waals surface area contributed by atoms with Gasteiger partial charge < -0.3 is 15.5 Å². The standard InChI is InChI=1S/C9H13F2NO4/c1-5(6(13)14)12-7(15)9(10,11)8(16)3-2-4-8/h5,16H,2-4H2,1H3,(H,12,15)(H,13,14)/t5-/m0/s1. The molecular weight excluding hydrogens is 224 g/mol. The number of aliphatic hydroxyl groups is 1. The molecule has 0 spiro atoms. The SMILES string of the molecule is C[C@H](NC(=O)C(F)(F)C1(O)CCC1)C(=O)O. The Hall–Kier alpha value is -1.24. The van der Waals surface area contributed by atoms with Crippen molar-refractivity contribution < 1.29 is 28.6 Å². The summed E-state index contributed by atoms with van der Waals surface area (Å²) in [6.07, 6.45) is 0.109. The molecule has 0 aromatic rings. The summed E-state index contributed by atoms with van der Waals surface area (Å²) in [6, 6.07) is -1.41. The summed E-state index contributed by atoms with van der Waals surface area (Å²) in [5.74, 6) is -7.11.